The van der Waals surface area contributed by atoms with Crippen LogP contribution < -0.4 is 5.32 Å². The molecular formula is C18H17N5O3S. The lowest BCUT2D eigenvalue weighted by molar-refractivity contribution is -0.157. The minimum absolute atomic E-state index is 0.174. The van der Waals surface area contributed by atoms with Gasteiger partial charge in [-0.2, -0.15) is 4.80 Å². The molecule has 27 heavy (non-hydrogen) atoms. The third-order valence-corrected chi connectivity index (χ3v) is 4.84. The van der Waals surface area contributed by atoms with Crippen LogP contribution in [0.4, 0.5) is 0 Å². The molecular weight excluding hydrogens is 366 g/mol. The van der Waals surface area contributed by atoms with E-state index in [4.69, 9.17) is 4.74 Å². The largest absolute Gasteiger partial charge is 0.446 e. The first-order valence-electron chi connectivity index (χ1n) is 8.55. The Morgan fingerprint density at radius 1 is 1.22 bits per heavy atom. The summed E-state index contributed by atoms with van der Waals surface area (Å²) >= 11 is 1.48. The lowest BCUT2D eigenvalue weighted by Gasteiger charge is -2.17. The van der Waals surface area contributed by atoms with Crippen LogP contribution in [0.2, 0.25) is 0 Å². The number of nitrogens with one attached hydrogen (secondary N) is 1. The van der Waals surface area contributed by atoms with Crippen molar-refractivity contribution in [3.05, 3.63) is 53.4 Å². The standard InChI is InChI=1S/C18H17N5O3S/c24-15(11-23-21-17(20-22-23)14-7-4-10-27-14)26-16(12-5-2-1-3-6-12)18(25)19-13-8-9-13/h1-7,10,13,16H,8-9,11H2,(H,19,25)/t16-/m0/s1. The fourth-order valence-electron chi connectivity index (χ4n) is 2.50. The molecule has 1 fully saturated rings. The van der Waals surface area contributed by atoms with Gasteiger partial charge in [0.2, 0.25) is 11.9 Å². The molecule has 0 saturated heterocycles. The number of carbonyl (C=O) groups is 2. The van der Waals surface area contributed by atoms with E-state index < -0.39 is 12.1 Å². The van der Waals surface area contributed by atoms with E-state index in [-0.39, 0.29) is 18.5 Å². The van der Waals surface area contributed by atoms with Gasteiger partial charge in [-0.1, -0.05) is 36.4 Å². The molecule has 0 spiro atoms. The topological polar surface area (TPSA) is 99.0 Å². The Morgan fingerprint density at radius 3 is 2.74 bits per heavy atom. The Morgan fingerprint density at radius 2 is 2.04 bits per heavy atom. The molecule has 1 aliphatic carbocycles. The van der Waals surface area contributed by atoms with E-state index in [1.165, 1.54) is 11.3 Å². The highest BCUT2D eigenvalue weighted by molar-refractivity contribution is 7.13. The van der Waals surface area contributed by atoms with E-state index in [1.807, 2.05) is 23.6 Å². The number of aromatic nitrogens is 4. The molecule has 1 N–H and O–H groups in total. The summed E-state index contributed by atoms with van der Waals surface area (Å²) in [6, 6.07) is 12.9. The van der Waals surface area contributed by atoms with Gasteiger partial charge in [-0.05, 0) is 29.5 Å². The molecule has 9 heteroatoms. The number of benzene rings is 1. The molecule has 1 amide bonds. The van der Waals surface area contributed by atoms with Crippen molar-refractivity contribution in [1.29, 1.82) is 0 Å². The highest BCUT2D eigenvalue weighted by Crippen LogP contribution is 2.23. The molecule has 4 rings (SSSR count). The van der Waals surface area contributed by atoms with Crippen LogP contribution in [0.1, 0.15) is 24.5 Å². The van der Waals surface area contributed by atoms with Crippen molar-refractivity contribution < 1.29 is 14.3 Å². The molecule has 1 saturated carbocycles. The molecule has 0 aliphatic heterocycles. The Kier molecular flexibility index (Phi) is 4.93. The molecule has 2 heterocycles. The summed E-state index contributed by atoms with van der Waals surface area (Å²) in [7, 11) is 0. The number of nitrogens with zero attached hydrogens (tertiary/aromatic N) is 4. The van der Waals surface area contributed by atoms with Gasteiger partial charge < -0.3 is 10.1 Å². The Bertz CT molecular complexity index is 922. The zero-order chi connectivity index (χ0) is 18.6. The minimum Gasteiger partial charge on any atom is -0.446 e. The van der Waals surface area contributed by atoms with E-state index in [1.54, 1.807) is 24.3 Å². The molecule has 8 nitrogen and oxygen atoms in total. The zero-order valence-electron chi connectivity index (χ0n) is 14.3. The van der Waals surface area contributed by atoms with Crippen LogP contribution in [-0.2, 0) is 20.9 Å². The van der Waals surface area contributed by atoms with Crippen molar-refractivity contribution >= 4 is 23.2 Å². The fourth-order valence-corrected chi connectivity index (χ4v) is 3.15. The summed E-state index contributed by atoms with van der Waals surface area (Å²) in [5, 5.41) is 16.8. The Balaban J connectivity index is 1.44. The smallest absolute Gasteiger partial charge is 0.330 e. The van der Waals surface area contributed by atoms with Crippen molar-refractivity contribution in [2.24, 2.45) is 0 Å². The van der Waals surface area contributed by atoms with Gasteiger partial charge in [0.05, 0.1) is 4.88 Å². The number of esters is 1. The predicted octanol–water partition coefficient (Wildman–Crippen LogP) is 1.96. The maximum Gasteiger partial charge on any atom is 0.330 e. The monoisotopic (exact) mass is 383 g/mol. The van der Waals surface area contributed by atoms with Crippen LogP contribution in [0.3, 0.4) is 0 Å². The number of hydrogen-bond acceptors (Lipinski definition) is 7. The first kappa shape index (κ1) is 17.3. The molecule has 0 bridgehead atoms. The van der Waals surface area contributed by atoms with Gasteiger partial charge in [0, 0.05) is 11.6 Å². The SMILES string of the molecule is O=C(Cn1nnc(-c2cccs2)n1)O[C@H](C(=O)NC1CC1)c1ccccc1. The summed E-state index contributed by atoms with van der Waals surface area (Å²) in [5.41, 5.74) is 0.620. The molecule has 3 aromatic rings. The van der Waals surface area contributed by atoms with Gasteiger partial charge in [0.25, 0.3) is 5.91 Å². The molecule has 1 aromatic carbocycles. The number of carbonyl (C=O) groups excluding carboxylic acids is 2. The fraction of sp³-hybridized carbons (Fsp3) is 0.278. The van der Waals surface area contributed by atoms with Crippen LogP contribution >= 0.6 is 11.3 Å². The Labute approximate surface area is 159 Å². The second-order valence-corrected chi connectivity index (χ2v) is 7.13. The van der Waals surface area contributed by atoms with E-state index in [2.05, 4.69) is 20.7 Å². The molecule has 1 atom stereocenters. The molecule has 2 aromatic heterocycles. The number of hydrogen-bond donors (Lipinski definition) is 1. The average molecular weight is 383 g/mol. The van der Waals surface area contributed by atoms with Gasteiger partial charge in [-0.25, -0.2) is 4.79 Å². The number of tetrazole rings is 1. The van der Waals surface area contributed by atoms with Gasteiger partial charge in [0.1, 0.15) is 0 Å². The first-order valence-corrected chi connectivity index (χ1v) is 9.43. The van der Waals surface area contributed by atoms with Crippen LogP contribution in [0, 0.1) is 0 Å². The van der Waals surface area contributed by atoms with Crippen molar-refractivity contribution in [3.63, 3.8) is 0 Å². The van der Waals surface area contributed by atoms with Crippen molar-refractivity contribution in [2.75, 3.05) is 0 Å². The number of rotatable bonds is 7. The second kappa shape index (κ2) is 7.67. The molecule has 0 unspecified atom stereocenters. The average Bonchev–Trinajstić information content (AvgIpc) is 3.13. The van der Waals surface area contributed by atoms with Crippen LogP contribution in [0.15, 0.2) is 47.8 Å². The first-order chi connectivity index (χ1) is 13.2. The van der Waals surface area contributed by atoms with E-state index >= 15 is 0 Å². The number of amides is 1. The summed E-state index contributed by atoms with van der Waals surface area (Å²) in [6.07, 6.45) is 0.907. The molecule has 1 aliphatic rings. The van der Waals surface area contributed by atoms with Crippen LogP contribution in [-0.4, -0.2) is 38.1 Å². The molecule has 0 radical (unpaired) electrons. The minimum atomic E-state index is -1.00. The summed E-state index contributed by atoms with van der Waals surface area (Å²) in [6.45, 7) is -0.224. The zero-order valence-corrected chi connectivity index (χ0v) is 15.1. The van der Waals surface area contributed by atoms with Crippen LogP contribution in [0.25, 0.3) is 10.7 Å². The van der Waals surface area contributed by atoms with Gasteiger partial charge in [-0.3, -0.25) is 4.79 Å². The van der Waals surface area contributed by atoms with Crippen molar-refractivity contribution in [2.45, 2.75) is 31.5 Å². The van der Waals surface area contributed by atoms with Gasteiger partial charge in [0.15, 0.2) is 6.54 Å². The van der Waals surface area contributed by atoms with Gasteiger partial charge >= 0.3 is 5.97 Å². The number of thiophene rings is 1. The van der Waals surface area contributed by atoms with Crippen molar-refractivity contribution in [1.82, 2.24) is 25.5 Å². The summed E-state index contributed by atoms with van der Waals surface area (Å²) < 4.78 is 5.45. The van der Waals surface area contributed by atoms with Crippen LogP contribution in [0.5, 0.6) is 0 Å². The highest BCUT2D eigenvalue weighted by atomic mass is 32.1. The predicted molar refractivity (Wildman–Crippen MR) is 97.6 cm³/mol. The third-order valence-electron chi connectivity index (χ3n) is 3.98. The second-order valence-electron chi connectivity index (χ2n) is 6.18. The summed E-state index contributed by atoms with van der Waals surface area (Å²) in [4.78, 5) is 26.9. The maximum absolute atomic E-state index is 12.5. The normalized spacial score (nSPS) is 14.5. The van der Waals surface area contributed by atoms with Crippen molar-refractivity contribution in [3.8, 4) is 10.7 Å². The van der Waals surface area contributed by atoms with E-state index in [9.17, 15) is 9.59 Å². The quantitative estimate of drug-likeness (QED) is 0.626. The Hall–Kier alpha value is -3.07. The lowest BCUT2D eigenvalue weighted by Crippen LogP contribution is -2.34. The third kappa shape index (κ3) is 4.37. The van der Waals surface area contributed by atoms with Gasteiger partial charge in [-0.15, -0.1) is 21.5 Å². The maximum atomic E-state index is 12.5. The van der Waals surface area contributed by atoms with E-state index in [0.717, 1.165) is 22.5 Å². The summed E-state index contributed by atoms with van der Waals surface area (Å²) in [5.74, 6) is -0.475. The molecule has 138 valence electrons. The lowest BCUT2D eigenvalue weighted by atomic mass is 10.1. The number of ether oxygens (including phenoxy) is 1. The van der Waals surface area contributed by atoms with E-state index in [0.29, 0.717) is 11.4 Å². The highest BCUT2D eigenvalue weighted by Gasteiger charge is 2.31.